The first kappa shape index (κ1) is 12.2. The monoisotopic (exact) mass is 236 g/mol. The summed E-state index contributed by atoms with van der Waals surface area (Å²) in [6.07, 6.45) is 1.85. The van der Waals surface area contributed by atoms with Gasteiger partial charge in [0.15, 0.2) is 5.78 Å². The Kier molecular flexibility index (Phi) is 3.57. The predicted octanol–water partition coefficient (Wildman–Crippen LogP) is 2.81. The van der Waals surface area contributed by atoms with E-state index in [1.165, 1.54) is 12.1 Å². The molecule has 0 radical (unpaired) electrons. The van der Waals surface area contributed by atoms with Crippen molar-refractivity contribution in [3.8, 4) is 0 Å². The molecule has 0 N–H and O–H groups in total. The Morgan fingerprint density at radius 3 is 2.88 bits per heavy atom. The van der Waals surface area contributed by atoms with Crippen LogP contribution in [0.15, 0.2) is 18.2 Å². The molecule has 1 aliphatic rings. The van der Waals surface area contributed by atoms with Gasteiger partial charge >= 0.3 is 0 Å². The Balaban J connectivity index is 2.05. The van der Waals surface area contributed by atoms with Gasteiger partial charge in [0, 0.05) is 6.42 Å². The van der Waals surface area contributed by atoms with Crippen LogP contribution in [0.2, 0.25) is 0 Å². The molecule has 1 fully saturated rings. The zero-order valence-corrected chi connectivity index (χ0v) is 10.2. The molecule has 0 bridgehead atoms. The highest BCUT2D eigenvalue weighted by Gasteiger charge is 2.28. The van der Waals surface area contributed by atoms with Gasteiger partial charge in [-0.25, -0.2) is 4.39 Å². The van der Waals surface area contributed by atoms with E-state index in [0.717, 1.165) is 24.0 Å². The topological polar surface area (TPSA) is 26.3 Å². The maximum Gasteiger partial charge on any atom is 0.165 e. The summed E-state index contributed by atoms with van der Waals surface area (Å²) in [5.74, 6) is -0.234. The van der Waals surface area contributed by atoms with Crippen LogP contribution in [0.3, 0.4) is 0 Å². The molecule has 2 atom stereocenters. The third kappa shape index (κ3) is 2.91. The lowest BCUT2D eigenvalue weighted by atomic mass is 9.99. The first-order valence-electron chi connectivity index (χ1n) is 5.99. The van der Waals surface area contributed by atoms with Crippen LogP contribution in [0.5, 0.6) is 0 Å². The summed E-state index contributed by atoms with van der Waals surface area (Å²) in [6.45, 7) is 3.86. The molecule has 17 heavy (non-hydrogen) atoms. The number of ether oxygens (including phenoxy) is 1. The van der Waals surface area contributed by atoms with Gasteiger partial charge in [-0.15, -0.1) is 0 Å². The average Bonchev–Trinajstić information content (AvgIpc) is 2.70. The summed E-state index contributed by atoms with van der Waals surface area (Å²) in [5.41, 5.74) is 1.71. The second-order valence-electron chi connectivity index (χ2n) is 4.73. The van der Waals surface area contributed by atoms with Crippen LogP contribution in [0.25, 0.3) is 0 Å². The maximum absolute atomic E-state index is 13.1. The molecule has 2 unspecified atom stereocenters. The number of Topliss-reactive ketones (excluding diaryl/α,β-unsaturated/α-hetero) is 1. The highest BCUT2D eigenvalue weighted by Crippen LogP contribution is 2.22. The van der Waals surface area contributed by atoms with Gasteiger partial charge in [0.2, 0.25) is 0 Å². The summed E-state index contributed by atoms with van der Waals surface area (Å²) < 4.78 is 18.6. The van der Waals surface area contributed by atoms with E-state index in [1.807, 2.05) is 13.8 Å². The third-order valence-corrected chi connectivity index (χ3v) is 3.27. The van der Waals surface area contributed by atoms with Gasteiger partial charge in [-0.1, -0.05) is 6.07 Å². The van der Waals surface area contributed by atoms with E-state index in [0.29, 0.717) is 0 Å². The highest BCUT2D eigenvalue weighted by atomic mass is 19.1. The zero-order valence-electron chi connectivity index (χ0n) is 10.2. The van der Waals surface area contributed by atoms with Crippen molar-refractivity contribution in [1.29, 1.82) is 0 Å². The molecule has 3 heteroatoms. The van der Waals surface area contributed by atoms with Crippen molar-refractivity contribution in [1.82, 2.24) is 0 Å². The number of aryl methyl sites for hydroxylation is 1. The summed E-state index contributed by atoms with van der Waals surface area (Å²) >= 11 is 0. The lowest BCUT2D eigenvalue weighted by Gasteiger charge is -2.11. The summed E-state index contributed by atoms with van der Waals surface area (Å²) in [5, 5.41) is 0. The molecule has 0 aliphatic carbocycles. The van der Waals surface area contributed by atoms with Crippen LogP contribution in [0.4, 0.5) is 4.39 Å². The van der Waals surface area contributed by atoms with Crippen molar-refractivity contribution < 1.29 is 13.9 Å². The van der Waals surface area contributed by atoms with E-state index in [4.69, 9.17) is 4.74 Å². The van der Waals surface area contributed by atoms with Crippen molar-refractivity contribution in [2.45, 2.75) is 45.3 Å². The van der Waals surface area contributed by atoms with Gasteiger partial charge in [-0.3, -0.25) is 4.79 Å². The number of hydrogen-bond donors (Lipinski definition) is 0. The van der Waals surface area contributed by atoms with Crippen LogP contribution in [-0.4, -0.2) is 18.0 Å². The number of carbonyl (C=O) groups excluding carboxylic acids is 1. The Morgan fingerprint density at radius 1 is 1.47 bits per heavy atom. The minimum atomic E-state index is -0.298. The van der Waals surface area contributed by atoms with Gasteiger partial charge in [-0.2, -0.15) is 0 Å². The Labute approximate surface area is 101 Å². The van der Waals surface area contributed by atoms with Gasteiger partial charge in [0.25, 0.3) is 0 Å². The Hall–Kier alpha value is -1.22. The van der Waals surface area contributed by atoms with E-state index >= 15 is 0 Å². The number of rotatable bonds is 3. The van der Waals surface area contributed by atoms with Gasteiger partial charge in [0.1, 0.15) is 11.9 Å². The first-order valence-corrected chi connectivity index (χ1v) is 5.99. The van der Waals surface area contributed by atoms with Crippen molar-refractivity contribution in [2.75, 3.05) is 0 Å². The van der Waals surface area contributed by atoms with Crippen LogP contribution >= 0.6 is 0 Å². The lowest BCUT2D eigenvalue weighted by Crippen LogP contribution is -2.22. The highest BCUT2D eigenvalue weighted by molar-refractivity contribution is 5.85. The minimum absolute atomic E-state index is 0.0584. The van der Waals surface area contributed by atoms with Crippen LogP contribution in [0, 0.1) is 12.7 Å². The molecule has 0 aromatic heterocycles. The molecule has 1 aliphatic heterocycles. The van der Waals surface area contributed by atoms with E-state index in [2.05, 4.69) is 0 Å². The minimum Gasteiger partial charge on any atom is -0.367 e. The molecular formula is C14H17FO2. The number of carbonyl (C=O) groups is 1. The van der Waals surface area contributed by atoms with Crippen molar-refractivity contribution in [3.05, 3.63) is 35.1 Å². The molecule has 2 rings (SSSR count). The van der Waals surface area contributed by atoms with E-state index in [1.54, 1.807) is 6.07 Å². The van der Waals surface area contributed by atoms with Crippen LogP contribution in [0.1, 0.15) is 30.9 Å². The Bertz CT molecular complexity index is 428. The van der Waals surface area contributed by atoms with Crippen molar-refractivity contribution >= 4 is 5.78 Å². The number of benzene rings is 1. The van der Waals surface area contributed by atoms with Gasteiger partial charge < -0.3 is 4.74 Å². The van der Waals surface area contributed by atoms with Crippen molar-refractivity contribution in [3.63, 3.8) is 0 Å². The van der Waals surface area contributed by atoms with E-state index < -0.39 is 0 Å². The predicted molar refractivity (Wildman–Crippen MR) is 63.4 cm³/mol. The number of ketones is 1. The quantitative estimate of drug-likeness (QED) is 0.806. The van der Waals surface area contributed by atoms with Crippen LogP contribution < -0.4 is 0 Å². The van der Waals surface area contributed by atoms with Crippen LogP contribution in [-0.2, 0) is 16.0 Å². The molecule has 2 nitrogen and oxygen atoms in total. The summed E-state index contributed by atoms with van der Waals surface area (Å²) in [7, 11) is 0. The van der Waals surface area contributed by atoms with Gasteiger partial charge in [0.05, 0.1) is 6.10 Å². The fraction of sp³-hybridized carbons (Fsp3) is 0.500. The zero-order chi connectivity index (χ0) is 12.4. The molecule has 0 saturated carbocycles. The van der Waals surface area contributed by atoms with Crippen molar-refractivity contribution in [2.24, 2.45) is 0 Å². The smallest absolute Gasteiger partial charge is 0.165 e. The molecule has 0 spiro atoms. The van der Waals surface area contributed by atoms with E-state index in [9.17, 15) is 9.18 Å². The standard InChI is InChI=1S/C14H17FO2/c1-9-3-5-12(15)7-11(9)8-13(16)14-6-4-10(2)17-14/h3,5,7,10,14H,4,6,8H2,1-2H3. The second kappa shape index (κ2) is 4.96. The van der Waals surface area contributed by atoms with E-state index in [-0.39, 0.29) is 30.2 Å². The largest absolute Gasteiger partial charge is 0.367 e. The lowest BCUT2D eigenvalue weighted by molar-refractivity contribution is -0.128. The average molecular weight is 236 g/mol. The normalized spacial score (nSPS) is 23.9. The molecule has 1 aromatic carbocycles. The molecule has 1 saturated heterocycles. The molecule has 1 aromatic rings. The fourth-order valence-corrected chi connectivity index (χ4v) is 2.17. The molecule has 1 heterocycles. The SMILES string of the molecule is Cc1ccc(F)cc1CC(=O)C1CCC(C)O1. The molecule has 0 amide bonds. The fourth-order valence-electron chi connectivity index (χ4n) is 2.17. The molecule has 92 valence electrons. The summed E-state index contributed by atoms with van der Waals surface area (Å²) in [4.78, 5) is 12.0. The number of hydrogen-bond acceptors (Lipinski definition) is 2. The third-order valence-electron chi connectivity index (χ3n) is 3.27. The van der Waals surface area contributed by atoms with Gasteiger partial charge in [-0.05, 0) is 49.9 Å². The molecular weight excluding hydrogens is 219 g/mol. The maximum atomic E-state index is 13.1. The summed E-state index contributed by atoms with van der Waals surface area (Å²) in [6, 6.07) is 4.55. The Morgan fingerprint density at radius 2 is 2.24 bits per heavy atom. The second-order valence-corrected chi connectivity index (χ2v) is 4.73. The first-order chi connectivity index (χ1) is 8.06. The number of halogens is 1.